The van der Waals surface area contributed by atoms with Gasteiger partial charge >= 0.3 is 6.03 Å². The molecule has 1 aliphatic heterocycles. The molecule has 1 aromatic heterocycles. The summed E-state index contributed by atoms with van der Waals surface area (Å²) in [6.45, 7) is 3.87. The number of carbonyl (C=O) groups is 1. The highest BCUT2D eigenvalue weighted by atomic mass is 16.5. The van der Waals surface area contributed by atoms with E-state index in [-0.39, 0.29) is 12.1 Å². The molecule has 25 heavy (non-hydrogen) atoms. The largest absolute Gasteiger partial charge is 0.493 e. The average Bonchev–Trinajstić information content (AvgIpc) is 3.12. The van der Waals surface area contributed by atoms with Crippen LogP contribution < -0.4 is 14.8 Å². The number of urea groups is 1. The number of methoxy groups -OCH3 is 2. The minimum absolute atomic E-state index is 0.000740. The number of nitrogens with one attached hydrogen (secondary N) is 1. The number of benzene rings is 1. The topological polar surface area (TPSA) is 68.6 Å². The molecule has 7 nitrogen and oxygen atoms in total. The van der Waals surface area contributed by atoms with Crippen LogP contribution in [0, 0.1) is 0 Å². The first-order valence-electron chi connectivity index (χ1n) is 8.37. The number of rotatable bonds is 5. The van der Waals surface area contributed by atoms with E-state index in [1.807, 2.05) is 40.9 Å². The summed E-state index contributed by atoms with van der Waals surface area (Å²) in [6.07, 6.45) is 4.42. The SMILES string of the molecule is COc1cc2c(cc1OC)CN(C(=O)NC(C)Cn1cccn1)CC2. The smallest absolute Gasteiger partial charge is 0.317 e. The zero-order valence-electron chi connectivity index (χ0n) is 14.9. The summed E-state index contributed by atoms with van der Waals surface area (Å²) in [5, 5.41) is 7.21. The number of amides is 2. The number of ether oxygens (including phenoxy) is 2. The maximum atomic E-state index is 12.6. The summed E-state index contributed by atoms with van der Waals surface area (Å²) in [4.78, 5) is 14.4. The van der Waals surface area contributed by atoms with Crippen molar-refractivity contribution in [1.82, 2.24) is 20.0 Å². The Morgan fingerprint density at radius 3 is 2.64 bits per heavy atom. The van der Waals surface area contributed by atoms with Gasteiger partial charge in [-0.05, 0) is 42.7 Å². The molecule has 3 rings (SSSR count). The number of nitrogens with zero attached hydrogens (tertiary/aromatic N) is 3. The van der Waals surface area contributed by atoms with E-state index in [1.54, 1.807) is 20.4 Å². The van der Waals surface area contributed by atoms with Gasteiger partial charge in [-0.2, -0.15) is 5.10 Å². The monoisotopic (exact) mass is 344 g/mol. The zero-order valence-corrected chi connectivity index (χ0v) is 14.9. The third-order valence-corrected chi connectivity index (χ3v) is 4.40. The van der Waals surface area contributed by atoms with Crippen LogP contribution >= 0.6 is 0 Å². The van der Waals surface area contributed by atoms with Gasteiger partial charge < -0.3 is 19.7 Å². The Hall–Kier alpha value is -2.70. The molecule has 0 aliphatic carbocycles. The van der Waals surface area contributed by atoms with Crippen LogP contribution in [-0.2, 0) is 19.5 Å². The molecule has 0 spiro atoms. The molecule has 1 atom stereocenters. The van der Waals surface area contributed by atoms with Crippen molar-refractivity contribution in [2.45, 2.75) is 32.5 Å². The summed E-state index contributed by atoms with van der Waals surface area (Å²) >= 11 is 0. The van der Waals surface area contributed by atoms with Gasteiger partial charge in [0.25, 0.3) is 0 Å². The second-order valence-corrected chi connectivity index (χ2v) is 6.23. The molecule has 7 heteroatoms. The maximum Gasteiger partial charge on any atom is 0.317 e. The van der Waals surface area contributed by atoms with Crippen LogP contribution in [0.5, 0.6) is 11.5 Å². The predicted molar refractivity (Wildman–Crippen MR) is 93.9 cm³/mol. The fourth-order valence-electron chi connectivity index (χ4n) is 3.09. The van der Waals surface area contributed by atoms with Crippen molar-refractivity contribution in [2.24, 2.45) is 0 Å². The van der Waals surface area contributed by atoms with E-state index in [9.17, 15) is 4.79 Å². The molecule has 0 fully saturated rings. The van der Waals surface area contributed by atoms with E-state index >= 15 is 0 Å². The molecule has 1 N–H and O–H groups in total. The summed E-state index contributed by atoms with van der Waals surface area (Å²) in [7, 11) is 3.25. The van der Waals surface area contributed by atoms with Crippen molar-refractivity contribution >= 4 is 6.03 Å². The van der Waals surface area contributed by atoms with Gasteiger partial charge in [0.2, 0.25) is 0 Å². The van der Waals surface area contributed by atoms with Gasteiger partial charge in [0.15, 0.2) is 11.5 Å². The molecule has 1 unspecified atom stereocenters. The van der Waals surface area contributed by atoms with Gasteiger partial charge in [-0.1, -0.05) is 0 Å². The van der Waals surface area contributed by atoms with Crippen LogP contribution in [0.4, 0.5) is 4.79 Å². The number of aromatic nitrogens is 2. The minimum Gasteiger partial charge on any atom is -0.493 e. The fourth-order valence-corrected chi connectivity index (χ4v) is 3.09. The first-order chi connectivity index (χ1) is 12.1. The number of hydrogen-bond acceptors (Lipinski definition) is 4. The van der Waals surface area contributed by atoms with Crippen molar-refractivity contribution in [1.29, 1.82) is 0 Å². The van der Waals surface area contributed by atoms with Crippen molar-refractivity contribution in [2.75, 3.05) is 20.8 Å². The van der Waals surface area contributed by atoms with Crippen LogP contribution in [0.15, 0.2) is 30.6 Å². The standard InChI is InChI=1S/C18H24N4O3/c1-13(11-22-7-4-6-19-22)20-18(23)21-8-5-14-9-16(24-2)17(25-3)10-15(14)12-21/h4,6-7,9-10,13H,5,8,11-12H2,1-3H3,(H,20,23). The third kappa shape index (κ3) is 3.87. The first kappa shape index (κ1) is 17.1. The van der Waals surface area contributed by atoms with Gasteiger partial charge in [-0.3, -0.25) is 4.68 Å². The molecule has 0 bridgehead atoms. The minimum atomic E-state index is -0.0555. The van der Waals surface area contributed by atoms with Crippen LogP contribution in [-0.4, -0.2) is 47.5 Å². The fraction of sp³-hybridized carbons (Fsp3) is 0.444. The molecule has 1 aliphatic rings. The Morgan fingerprint density at radius 1 is 1.28 bits per heavy atom. The van der Waals surface area contributed by atoms with E-state index in [2.05, 4.69) is 10.4 Å². The quantitative estimate of drug-likeness (QED) is 0.901. The lowest BCUT2D eigenvalue weighted by atomic mass is 9.99. The van der Waals surface area contributed by atoms with Crippen LogP contribution in [0.3, 0.4) is 0 Å². The second-order valence-electron chi connectivity index (χ2n) is 6.23. The Morgan fingerprint density at radius 2 is 2.00 bits per heavy atom. The highest BCUT2D eigenvalue weighted by molar-refractivity contribution is 5.75. The van der Waals surface area contributed by atoms with Gasteiger partial charge in [0, 0.05) is 31.5 Å². The number of fused-ring (bicyclic) bond motifs is 1. The highest BCUT2D eigenvalue weighted by Crippen LogP contribution is 2.33. The molecule has 2 aromatic rings. The zero-order chi connectivity index (χ0) is 17.8. The van der Waals surface area contributed by atoms with Gasteiger partial charge in [-0.15, -0.1) is 0 Å². The molecule has 2 amide bonds. The van der Waals surface area contributed by atoms with Gasteiger partial charge in [0.05, 0.1) is 20.8 Å². The lowest BCUT2D eigenvalue weighted by Gasteiger charge is -2.30. The van der Waals surface area contributed by atoms with E-state index in [0.717, 1.165) is 17.7 Å². The van der Waals surface area contributed by atoms with Crippen molar-refractivity contribution < 1.29 is 14.3 Å². The van der Waals surface area contributed by atoms with Crippen molar-refractivity contribution in [3.05, 3.63) is 41.7 Å². The predicted octanol–water partition coefficient (Wildman–Crippen LogP) is 2.06. The summed E-state index contributed by atoms with van der Waals surface area (Å²) in [5.41, 5.74) is 2.30. The van der Waals surface area contributed by atoms with E-state index in [4.69, 9.17) is 9.47 Å². The first-order valence-corrected chi connectivity index (χ1v) is 8.37. The van der Waals surface area contributed by atoms with Crippen LogP contribution in [0.1, 0.15) is 18.1 Å². The third-order valence-electron chi connectivity index (χ3n) is 4.40. The van der Waals surface area contributed by atoms with Crippen molar-refractivity contribution in [3.63, 3.8) is 0 Å². The summed E-state index contributed by atoms with van der Waals surface area (Å²) < 4.78 is 12.5. The average molecular weight is 344 g/mol. The maximum absolute atomic E-state index is 12.6. The number of carbonyl (C=O) groups excluding carboxylic acids is 1. The molecular weight excluding hydrogens is 320 g/mol. The molecule has 134 valence electrons. The van der Waals surface area contributed by atoms with E-state index < -0.39 is 0 Å². The van der Waals surface area contributed by atoms with Crippen LogP contribution in [0.25, 0.3) is 0 Å². The molecule has 0 saturated heterocycles. The molecule has 0 radical (unpaired) electrons. The van der Waals surface area contributed by atoms with E-state index in [1.165, 1.54) is 5.56 Å². The molecule has 1 aromatic carbocycles. The van der Waals surface area contributed by atoms with E-state index in [0.29, 0.717) is 25.4 Å². The molecule has 0 saturated carbocycles. The molecule has 2 heterocycles. The summed E-state index contributed by atoms with van der Waals surface area (Å²) in [5.74, 6) is 1.42. The Labute approximate surface area is 147 Å². The van der Waals surface area contributed by atoms with Gasteiger partial charge in [0.1, 0.15) is 0 Å². The lowest BCUT2D eigenvalue weighted by molar-refractivity contribution is 0.187. The van der Waals surface area contributed by atoms with Crippen molar-refractivity contribution in [3.8, 4) is 11.5 Å². The second kappa shape index (κ2) is 7.46. The molecular formula is C18H24N4O3. The van der Waals surface area contributed by atoms with Crippen LogP contribution in [0.2, 0.25) is 0 Å². The number of hydrogen-bond donors (Lipinski definition) is 1. The Bertz CT molecular complexity index is 730. The lowest BCUT2D eigenvalue weighted by Crippen LogP contribution is -2.47. The summed E-state index contributed by atoms with van der Waals surface area (Å²) in [6, 6.07) is 5.78. The van der Waals surface area contributed by atoms with Gasteiger partial charge in [-0.25, -0.2) is 4.79 Å². The Balaban J connectivity index is 1.64. The normalized spacial score (nSPS) is 14.6. The highest BCUT2D eigenvalue weighted by Gasteiger charge is 2.23. The Kier molecular flexibility index (Phi) is 5.11.